The molecule has 1 aromatic heterocycles. The van der Waals surface area contributed by atoms with Crippen LogP contribution in [0.4, 0.5) is 0 Å². The number of carboxylic acids is 2. The van der Waals surface area contributed by atoms with Crippen LogP contribution in [0.1, 0.15) is 51.0 Å². The van der Waals surface area contributed by atoms with Crippen LogP contribution in [0.15, 0.2) is 103 Å². The van der Waals surface area contributed by atoms with Gasteiger partial charge in [-0.05, 0) is 44.9 Å². The molecule has 1 fully saturated rings. The lowest BCUT2D eigenvalue weighted by Crippen LogP contribution is -2.71. The van der Waals surface area contributed by atoms with Crippen molar-refractivity contribution in [2.45, 2.75) is 57.6 Å². The zero-order valence-electron chi connectivity index (χ0n) is 34.0. The normalized spacial score (nSPS) is 21.7. The highest BCUT2D eigenvalue weighted by Crippen LogP contribution is 2.41. The van der Waals surface area contributed by atoms with Gasteiger partial charge in [0.15, 0.2) is 30.4 Å². The largest absolute Gasteiger partial charge is 0.503 e. The van der Waals surface area contributed by atoms with E-state index in [1.54, 1.807) is 53.4 Å². The highest BCUT2D eigenvalue weighted by Gasteiger charge is 2.54. The Balaban J connectivity index is 1.46. The van der Waals surface area contributed by atoms with Crippen LogP contribution >= 0.6 is 35.1 Å². The molecule has 62 heavy (non-hydrogen) atoms. The number of nitrogens with two attached hydrogens (primary N) is 2. The van der Waals surface area contributed by atoms with E-state index in [2.05, 4.69) is 21.1 Å². The number of fused-ring (bicyclic) bond motifs is 1. The summed E-state index contributed by atoms with van der Waals surface area (Å²) in [6.07, 6.45) is 15.8. The molecule has 0 saturated carbocycles. The average Bonchev–Trinajstić information content (AvgIpc) is 3.21. The van der Waals surface area contributed by atoms with Crippen LogP contribution in [0, 0.1) is 0 Å². The molecule has 0 radical (unpaired) electrons. The molecule has 4 heterocycles. The summed E-state index contributed by atoms with van der Waals surface area (Å²) >= 11 is 8.69. The maximum Gasteiger partial charge on any atom is 0.352 e. The van der Waals surface area contributed by atoms with Crippen LogP contribution in [0.5, 0.6) is 5.75 Å². The van der Waals surface area contributed by atoms with Crippen molar-refractivity contribution >= 4 is 76.7 Å². The fraction of sp³-hybridized carbons (Fsp3) is 0.333. The van der Waals surface area contributed by atoms with Crippen molar-refractivity contribution in [2.24, 2.45) is 16.6 Å². The van der Waals surface area contributed by atoms with Crippen LogP contribution in [-0.4, -0.2) is 119 Å². The van der Waals surface area contributed by atoms with Crippen molar-refractivity contribution in [3.63, 3.8) is 0 Å². The number of allylic oxidation sites excluding steroid dienone is 6. The van der Waals surface area contributed by atoms with Crippen LogP contribution in [-0.2, 0) is 24.0 Å². The molecular weight excluding hydrogens is 870 g/mol. The number of hydrogen-bond acceptors (Lipinski definition) is 15. The summed E-state index contributed by atoms with van der Waals surface area (Å²) in [5.41, 5.74) is 9.82. The van der Waals surface area contributed by atoms with Gasteiger partial charge in [0.05, 0.1) is 21.3 Å². The van der Waals surface area contributed by atoms with E-state index in [0.29, 0.717) is 39.3 Å². The molecule has 1 unspecified atom stereocenters. The molecule has 3 aliphatic heterocycles. The second-order valence-corrected chi connectivity index (χ2v) is 16.8. The van der Waals surface area contributed by atoms with Gasteiger partial charge in [-0.3, -0.25) is 24.1 Å². The number of carbonyl (C=O) groups excluding carboxylic acids is 3. The van der Waals surface area contributed by atoms with E-state index < -0.39 is 63.6 Å². The number of aliphatic carboxylic acids is 2. The third-order valence-electron chi connectivity index (χ3n) is 8.95. The molecule has 1 saturated heterocycles. The number of thioether (sulfide) groups is 2. The Labute approximate surface area is 368 Å². The average molecular weight is 917 g/mol. The van der Waals surface area contributed by atoms with Gasteiger partial charge >= 0.3 is 11.9 Å². The number of aromatic hydroxyl groups is 1. The smallest absolute Gasteiger partial charge is 0.352 e. The number of pyridine rings is 1. The molecule has 3 amide bonds. The molecule has 20 nitrogen and oxygen atoms in total. The maximum absolute atomic E-state index is 13.7. The highest BCUT2D eigenvalue weighted by molar-refractivity contribution is 8.08. The highest BCUT2D eigenvalue weighted by atomic mass is 35.5. The first-order valence-electron chi connectivity index (χ1n) is 18.8. The number of unbranched alkanes of at least 4 members (excludes halogenated alkanes) is 1. The molecule has 332 valence electrons. The number of hydrogen-bond donors (Lipinski definition) is 9. The molecule has 0 bridgehead atoms. The third-order valence-corrected chi connectivity index (χ3v) is 11.7. The molecule has 11 N–H and O–H groups in total. The third kappa shape index (κ3) is 12.1. The number of oxime groups is 1. The minimum absolute atomic E-state index is 0.0466. The number of amides is 3. The van der Waals surface area contributed by atoms with E-state index in [1.807, 2.05) is 6.92 Å². The molecule has 2 atom stereocenters. The number of carboxylic acid groups (broad SMARTS) is 2. The van der Waals surface area contributed by atoms with E-state index >= 15 is 0 Å². The summed E-state index contributed by atoms with van der Waals surface area (Å²) in [6.45, 7) is 6.32. The topological polar surface area (TPSA) is 304 Å². The minimum atomic E-state index is -1.84. The molecule has 3 aliphatic rings. The molecular formula is C39H47ClN9O11S2+. The van der Waals surface area contributed by atoms with Crippen LogP contribution < -0.4 is 32.8 Å². The van der Waals surface area contributed by atoms with Gasteiger partial charge in [-0.1, -0.05) is 60.1 Å². The van der Waals surface area contributed by atoms with Gasteiger partial charge < -0.3 is 52.8 Å². The van der Waals surface area contributed by atoms with E-state index in [-0.39, 0.29) is 46.7 Å². The Kier molecular flexibility index (Phi) is 16.7. The number of halogens is 1. The predicted octanol–water partition coefficient (Wildman–Crippen LogP) is 1.78. The van der Waals surface area contributed by atoms with E-state index in [9.17, 15) is 49.3 Å². The van der Waals surface area contributed by atoms with E-state index in [4.69, 9.17) is 27.9 Å². The fourth-order valence-electron chi connectivity index (χ4n) is 5.48. The van der Waals surface area contributed by atoms with Gasteiger partial charge in [-0.2, -0.15) is 9.31 Å². The zero-order chi connectivity index (χ0) is 45.9. The monoisotopic (exact) mass is 916 g/mol. The van der Waals surface area contributed by atoms with Crippen molar-refractivity contribution in [1.82, 2.24) is 25.6 Å². The Morgan fingerprint density at radius 2 is 1.92 bits per heavy atom. The quantitative estimate of drug-likeness (QED) is 0.0239. The van der Waals surface area contributed by atoms with Crippen LogP contribution in [0.25, 0.3) is 0 Å². The summed E-state index contributed by atoms with van der Waals surface area (Å²) in [6, 6.07) is -0.378. The zero-order valence-corrected chi connectivity index (χ0v) is 36.3. The minimum Gasteiger partial charge on any atom is -0.503 e. The summed E-state index contributed by atoms with van der Waals surface area (Å²) in [4.78, 5) is 82.0. The predicted molar refractivity (Wildman–Crippen MR) is 233 cm³/mol. The van der Waals surface area contributed by atoms with Crippen molar-refractivity contribution in [2.75, 3.05) is 25.4 Å². The van der Waals surface area contributed by atoms with E-state index in [0.717, 1.165) is 29.1 Å². The summed E-state index contributed by atoms with van der Waals surface area (Å²) in [7, 11) is 0. The Morgan fingerprint density at radius 1 is 1.19 bits per heavy atom. The molecule has 0 aliphatic carbocycles. The van der Waals surface area contributed by atoms with Crippen molar-refractivity contribution in [3.05, 3.63) is 108 Å². The number of β-lactam (4-membered cyclic amide) rings is 1. The lowest BCUT2D eigenvalue weighted by molar-refractivity contribution is -0.439. The van der Waals surface area contributed by atoms with Gasteiger partial charge in [0, 0.05) is 36.6 Å². The van der Waals surface area contributed by atoms with Gasteiger partial charge in [0.2, 0.25) is 11.0 Å². The van der Waals surface area contributed by atoms with Crippen molar-refractivity contribution in [1.29, 1.82) is 0 Å². The first-order valence-corrected chi connectivity index (χ1v) is 21.0. The maximum atomic E-state index is 13.7. The number of rotatable bonds is 19. The Hall–Kier alpha value is -6.39. The standard InChI is InChI=1S/C39H46ClN9O11S2/c1-5-6-12-28(42)62-32(40)21(2)29(46-60-39(3,4)38(57)58)34(53)45-30-35(54)49-31(37(55)56)22(20-61-36(30)49)10-9-16-47-15-8-7-11-23(41)24(18-47)43-13-14-44-33(52)25-17-26(50)27(51)19-48(25)59/h7-12,15,17-19,30,36,41,43,59H,5-6,13-14,16,20,42H2,1-4H3,(H5,44,45,51,52,53,55,56,57,58)/p+1/b10-9+,11-7+,15-8+,24-18?,28-12+,32-21+,46-29-/t30-,36?/m1/s1. The molecule has 1 aromatic rings. The van der Waals surface area contributed by atoms with Crippen LogP contribution in [0.2, 0.25) is 0 Å². The van der Waals surface area contributed by atoms with Crippen molar-refractivity contribution < 1.29 is 53.9 Å². The lowest BCUT2D eigenvalue weighted by atomic mass is 10.0. The Morgan fingerprint density at radius 3 is 2.60 bits per heavy atom. The summed E-state index contributed by atoms with van der Waals surface area (Å²) < 4.78 is 2.13. The Bertz CT molecular complexity index is 2350. The lowest BCUT2D eigenvalue weighted by Gasteiger charge is -2.49. The first-order chi connectivity index (χ1) is 29.3. The SMILES string of the molecule is CCC/C=C(\N)S/C(Cl)=C(C)/C(=N/OC(C)(C)C(=O)O)C(=O)N[C@@H]1C(=O)N2C(C(=O)O)=C(/C=C/C[N+]3=C/C(NCCNC(=O)c4cc(=O)c(O)cn4O)=C(N)\C=C\C=C\3)CSC12. The first kappa shape index (κ1) is 48.3. The summed E-state index contributed by atoms with van der Waals surface area (Å²) in [5, 5.41) is 50.7. The van der Waals surface area contributed by atoms with E-state index in [1.165, 1.54) is 32.5 Å². The molecule has 0 aromatic carbocycles. The molecule has 4 rings (SSSR count). The number of aromatic nitrogens is 1. The van der Waals surface area contributed by atoms with Gasteiger partial charge in [0.1, 0.15) is 28.5 Å². The van der Waals surface area contributed by atoms with Crippen LogP contribution in [0.3, 0.4) is 0 Å². The second kappa shape index (κ2) is 21.4. The van der Waals surface area contributed by atoms with Gasteiger partial charge in [0.25, 0.3) is 17.7 Å². The number of nitrogens with one attached hydrogen (secondary N) is 3. The van der Waals surface area contributed by atoms with Gasteiger partial charge in [-0.15, -0.1) is 11.8 Å². The second-order valence-electron chi connectivity index (χ2n) is 14.0. The number of carbonyl (C=O) groups is 5. The fourth-order valence-corrected chi connectivity index (χ4v) is 7.81. The van der Waals surface area contributed by atoms with Crippen molar-refractivity contribution in [3.8, 4) is 5.75 Å². The number of nitrogens with zero attached hydrogens (tertiary/aromatic N) is 4. The molecule has 0 spiro atoms. The molecule has 23 heteroatoms. The summed E-state index contributed by atoms with van der Waals surface area (Å²) in [5.74, 6) is -5.67. The van der Waals surface area contributed by atoms with Gasteiger partial charge in [-0.25, -0.2) is 9.59 Å².